The number of carbonyl (C=O) groups is 1. The van der Waals surface area contributed by atoms with Crippen molar-refractivity contribution in [3.8, 4) is 11.9 Å². The molecule has 43 heavy (non-hydrogen) atoms. The van der Waals surface area contributed by atoms with Crippen molar-refractivity contribution in [2.45, 2.75) is 119 Å². The van der Waals surface area contributed by atoms with Gasteiger partial charge in [0.25, 0.3) is 11.5 Å². The maximum atomic E-state index is 13.8. The largest absolute Gasteiger partial charge is 0.493 e. The van der Waals surface area contributed by atoms with Gasteiger partial charge in [0.1, 0.15) is 11.6 Å². The minimum Gasteiger partial charge on any atom is -0.493 e. The molecule has 0 saturated heterocycles. The SMILES string of the molecule is CCCCCn1c(O)c(/N=N/c2ccc(C(=O)N(CC(CC)CCCC)CC(CC)CCCC)cc2)c(C)c(C#N)c1=O. The average molecular weight is 592 g/mol. The summed E-state index contributed by atoms with van der Waals surface area (Å²) in [5.41, 5.74) is 0.968. The van der Waals surface area contributed by atoms with Gasteiger partial charge in [-0.25, -0.2) is 0 Å². The minimum atomic E-state index is -0.514. The van der Waals surface area contributed by atoms with Crippen LogP contribution in [0.3, 0.4) is 0 Å². The van der Waals surface area contributed by atoms with Gasteiger partial charge in [-0.2, -0.15) is 10.4 Å². The number of nitrogens with zero attached hydrogens (tertiary/aromatic N) is 5. The summed E-state index contributed by atoms with van der Waals surface area (Å²) in [5.74, 6) is 0.728. The summed E-state index contributed by atoms with van der Waals surface area (Å²) in [6, 6.07) is 9.01. The summed E-state index contributed by atoms with van der Waals surface area (Å²) in [6.07, 6.45) is 11.6. The van der Waals surface area contributed by atoms with E-state index in [0.717, 1.165) is 64.5 Å². The smallest absolute Gasteiger partial charge is 0.271 e. The van der Waals surface area contributed by atoms with E-state index < -0.39 is 5.56 Å². The quantitative estimate of drug-likeness (QED) is 0.130. The molecule has 0 saturated carbocycles. The monoisotopic (exact) mass is 591 g/mol. The molecule has 8 nitrogen and oxygen atoms in total. The maximum Gasteiger partial charge on any atom is 0.271 e. The predicted molar refractivity (Wildman–Crippen MR) is 174 cm³/mol. The van der Waals surface area contributed by atoms with Crippen molar-refractivity contribution in [2.24, 2.45) is 22.1 Å². The molecule has 1 aromatic carbocycles. The predicted octanol–water partition coefficient (Wildman–Crippen LogP) is 9.21. The van der Waals surface area contributed by atoms with E-state index in [0.29, 0.717) is 41.6 Å². The van der Waals surface area contributed by atoms with E-state index in [1.807, 2.05) is 6.07 Å². The standard InChI is InChI=1S/C35H53N5O3/c1-7-12-15-22-40-34(42)31(23-36)26(6)32(35(40)43)38-37-30-20-18-29(19-21-30)33(41)39(24-27(10-4)16-13-8-2)25-28(11-5)17-14-9-3/h18-21,27-28,43H,7-17,22,24-25H2,1-6H3/b38-37+. The number of azo groups is 1. The number of hydrogen-bond acceptors (Lipinski definition) is 6. The third-order valence-electron chi connectivity index (χ3n) is 8.46. The second-order valence-corrected chi connectivity index (χ2v) is 11.7. The molecule has 8 heteroatoms. The first-order chi connectivity index (χ1) is 20.8. The third-order valence-corrected chi connectivity index (χ3v) is 8.46. The number of hydrogen-bond donors (Lipinski definition) is 1. The Morgan fingerprint density at radius 1 is 0.907 bits per heavy atom. The van der Waals surface area contributed by atoms with Gasteiger partial charge in [0.2, 0.25) is 5.88 Å². The minimum absolute atomic E-state index is 0.0414. The van der Waals surface area contributed by atoms with E-state index in [1.54, 1.807) is 31.2 Å². The van der Waals surface area contributed by atoms with Crippen molar-refractivity contribution >= 4 is 17.3 Å². The Balaban J connectivity index is 2.33. The number of unbranched alkanes of at least 4 members (excludes halogenated alkanes) is 4. The van der Waals surface area contributed by atoms with Crippen LogP contribution in [0.2, 0.25) is 0 Å². The Morgan fingerprint density at radius 2 is 1.47 bits per heavy atom. The second kappa shape index (κ2) is 18.9. The summed E-state index contributed by atoms with van der Waals surface area (Å²) in [6.45, 7) is 14.3. The number of amides is 1. The van der Waals surface area contributed by atoms with Crippen molar-refractivity contribution in [1.29, 1.82) is 5.26 Å². The molecule has 0 aliphatic carbocycles. The molecule has 1 heterocycles. The van der Waals surface area contributed by atoms with Crippen LogP contribution in [-0.2, 0) is 6.54 Å². The third kappa shape index (κ3) is 10.3. The number of aromatic hydroxyl groups is 1. The van der Waals surface area contributed by atoms with Gasteiger partial charge in [0, 0.05) is 30.8 Å². The Hall–Kier alpha value is -3.47. The lowest BCUT2D eigenvalue weighted by molar-refractivity contribution is 0.0685. The van der Waals surface area contributed by atoms with Crippen LogP contribution in [0.25, 0.3) is 0 Å². The molecule has 0 aliphatic rings. The number of pyridine rings is 1. The van der Waals surface area contributed by atoms with E-state index in [-0.39, 0.29) is 23.0 Å². The number of carbonyl (C=O) groups excluding carboxylic acids is 1. The van der Waals surface area contributed by atoms with Gasteiger partial charge < -0.3 is 10.0 Å². The lowest BCUT2D eigenvalue weighted by Crippen LogP contribution is -2.39. The number of aromatic nitrogens is 1. The van der Waals surface area contributed by atoms with Crippen LogP contribution in [0.15, 0.2) is 39.3 Å². The van der Waals surface area contributed by atoms with Crippen LogP contribution in [-0.4, -0.2) is 33.6 Å². The van der Waals surface area contributed by atoms with Crippen molar-refractivity contribution in [3.63, 3.8) is 0 Å². The van der Waals surface area contributed by atoms with Crippen molar-refractivity contribution in [3.05, 3.63) is 51.3 Å². The molecule has 0 bridgehead atoms. The van der Waals surface area contributed by atoms with Crippen LogP contribution >= 0.6 is 0 Å². The molecule has 0 fully saturated rings. The lowest BCUT2D eigenvalue weighted by Gasteiger charge is -2.31. The van der Waals surface area contributed by atoms with E-state index in [9.17, 15) is 20.0 Å². The van der Waals surface area contributed by atoms with E-state index in [1.165, 1.54) is 17.4 Å². The van der Waals surface area contributed by atoms with Crippen LogP contribution in [0.5, 0.6) is 5.88 Å². The zero-order chi connectivity index (χ0) is 31.8. The van der Waals surface area contributed by atoms with E-state index in [2.05, 4.69) is 49.7 Å². The lowest BCUT2D eigenvalue weighted by atomic mass is 9.95. The molecule has 2 rings (SSSR count). The van der Waals surface area contributed by atoms with Crippen molar-refractivity contribution in [2.75, 3.05) is 13.1 Å². The molecule has 236 valence electrons. The highest BCUT2D eigenvalue weighted by molar-refractivity contribution is 5.94. The highest BCUT2D eigenvalue weighted by atomic mass is 16.3. The molecule has 2 atom stereocenters. The molecule has 2 unspecified atom stereocenters. The van der Waals surface area contributed by atoms with Gasteiger partial charge in [-0.05, 0) is 62.3 Å². The van der Waals surface area contributed by atoms with Crippen LogP contribution in [0.4, 0.5) is 11.4 Å². The molecule has 2 aromatic rings. The summed E-state index contributed by atoms with van der Waals surface area (Å²) >= 11 is 0. The summed E-state index contributed by atoms with van der Waals surface area (Å²) in [5, 5.41) is 29.0. The number of nitriles is 1. The first-order valence-corrected chi connectivity index (χ1v) is 16.4. The zero-order valence-corrected chi connectivity index (χ0v) is 27.4. The highest BCUT2D eigenvalue weighted by Crippen LogP contribution is 2.32. The average Bonchev–Trinajstić information content (AvgIpc) is 3.02. The van der Waals surface area contributed by atoms with Crippen molar-refractivity contribution < 1.29 is 9.90 Å². The van der Waals surface area contributed by atoms with Crippen molar-refractivity contribution in [1.82, 2.24) is 9.47 Å². The fourth-order valence-electron chi connectivity index (χ4n) is 5.44. The van der Waals surface area contributed by atoms with Gasteiger partial charge in [-0.15, -0.1) is 5.11 Å². The maximum absolute atomic E-state index is 13.8. The van der Waals surface area contributed by atoms with Gasteiger partial charge in [-0.3, -0.25) is 14.2 Å². The Bertz CT molecular complexity index is 1260. The van der Waals surface area contributed by atoms with E-state index >= 15 is 0 Å². The zero-order valence-electron chi connectivity index (χ0n) is 27.4. The number of rotatable bonds is 19. The van der Waals surface area contributed by atoms with Crippen LogP contribution in [0, 0.1) is 30.1 Å². The highest BCUT2D eigenvalue weighted by Gasteiger charge is 2.23. The molecular formula is C35H53N5O3. The Labute approximate surface area is 258 Å². The van der Waals surface area contributed by atoms with Crippen LogP contribution < -0.4 is 5.56 Å². The fourth-order valence-corrected chi connectivity index (χ4v) is 5.44. The van der Waals surface area contributed by atoms with Gasteiger partial charge in [-0.1, -0.05) is 86.0 Å². The first-order valence-electron chi connectivity index (χ1n) is 16.4. The van der Waals surface area contributed by atoms with Gasteiger partial charge in [0.15, 0.2) is 5.69 Å². The normalized spacial score (nSPS) is 12.8. The topological polar surface area (TPSA) is 111 Å². The Kier molecular flexibility index (Phi) is 15.7. The molecular weight excluding hydrogens is 538 g/mol. The fraction of sp³-hybridized carbons (Fsp3) is 0.629. The second-order valence-electron chi connectivity index (χ2n) is 11.7. The molecule has 1 N–H and O–H groups in total. The summed E-state index contributed by atoms with van der Waals surface area (Å²) < 4.78 is 1.21. The molecule has 1 amide bonds. The molecule has 0 radical (unpaired) electrons. The summed E-state index contributed by atoms with van der Waals surface area (Å²) in [7, 11) is 0. The summed E-state index contributed by atoms with van der Waals surface area (Å²) in [4.78, 5) is 28.6. The molecule has 1 aromatic heterocycles. The van der Waals surface area contributed by atoms with E-state index in [4.69, 9.17) is 0 Å². The Morgan fingerprint density at radius 3 is 1.95 bits per heavy atom. The van der Waals surface area contributed by atoms with Crippen LogP contribution in [0.1, 0.15) is 127 Å². The molecule has 0 aliphatic heterocycles. The van der Waals surface area contributed by atoms with Gasteiger partial charge >= 0.3 is 0 Å². The molecule has 0 spiro atoms. The number of benzene rings is 1. The van der Waals surface area contributed by atoms with Gasteiger partial charge in [0.05, 0.1) is 5.69 Å². The first kappa shape index (κ1) is 35.7.